The number of hydrogen-bond donors (Lipinski definition) is 2. The van der Waals surface area contributed by atoms with Gasteiger partial charge in [-0.25, -0.2) is 0 Å². The molecule has 0 bridgehead atoms. The smallest absolute Gasteiger partial charge is 0.124 e. The highest BCUT2D eigenvalue weighted by Crippen LogP contribution is 2.28. The first-order valence-electron chi connectivity index (χ1n) is 7.95. The molecular weight excluding hydrogens is 316 g/mol. The van der Waals surface area contributed by atoms with Crippen LogP contribution in [0.1, 0.15) is 22.8 Å². The molecule has 0 radical (unpaired) electrons. The van der Waals surface area contributed by atoms with Crippen LogP contribution in [0.5, 0.6) is 11.5 Å². The number of aliphatic hydroxyl groups is 1. The van der Waals surface area contributed by atoms with Gasteiger partial charge in [-0.1, -0.05) is 24.3 Å². The van der Waals surface area contributed by atoms with E-state index in [1.54, 1.807) is 44.6 Å². The first-order chi connectivity index (χ1) is 12.2. The molecule has 2 N–H and O–H groups in total. The number of nitrogens with one attached hydrogen (secondary N) is 1. The van der Waals surface area contributed by atoms with Crippen LogP contribution >= 0.6 is 0 Å². The molecule has 25 heavy (non-hydrogen) atoms. The lowest BCUT2D eigenvalue weighted by molar-refractivity contribution is 0.171. The first-order valence-corrected chi connectivity index (χ1v) is 7.95. The van der Waals surface area contributed by atoms with Crippen molar-refractivity contribution < 1.29 is 14.6 Å². The molecule has 5 nitrogen and oxygen atoms in total. The van der Waals surface area contributed by atoms with Gasteiger partial charge in [-0.15, -0.1) is 0 Å². The van der Waals surface area contributed by atoms with Gasteiger partial charge < -0.3 is 19.9 Å². The van der Waals surface area contributed by atoms with Crippen LogP contribution in [-0.2, 0) is 0 Å². The summed E-state index contributed by atoms with van der Waals surface area (Å²) in [6.45, 7) is 1.00. The molecule has 2 aromatic carbocycles. The van der Waals surface area contributed by atoms with Crippen molar-refractivity contribution in [1.29, 1.82) is 5.26 Å². The van der Waals surface area contributed by atoms with Crippen LogP contribution in [-0.4, -0.2) is 32.4 Å². The lowest BCUT2D eigenvalue weighted by Gasteiger charge is -2.16. The molecule has 0 aliphatic rings. The average Bonchev–Trinajstić information content (AvgIpc) is 2.67. The summed E-state index contributed by atoms with van der Waals surface area (Å²) in [5, 5.41) is 22.3. The molecular formula is C20H22N2O3. The van der Waals surface area contributed by atoms with Crippen LogP contribution in [0.4, 0.5) is 0 Å². The minimum atomic E-state index is -0.701. The summed E-state index contributed by atoms with van der Waals surface area (Å²) in [6.07, 6.45) is 3.23. The van der Waals surface area contributed by atoms with Crippen molar-refractivity contribution >= 4 is 6.08 Å². The summed E-state index contributed by atoms with van der Waals surface area (Å²) in [5.41, 5.74) is 2.35. The predicted molar refractivity (Wildman–Crippen MR) is 97.6 cm³/mol. The molecule has 0 saturated heterocycles. The normalized spacial score (nSPS) is 11.9. The molecule has 0 fully saturated rings. The molecule has 0 aliphatic carbocycles. The predicted octanol–water partition coefficient (Wildman–Crippen LogP) is 2.91. The monoisotopic (exact) mass is 338 g/mol. The second-order valence-corrected chi connectivity index (χ2v) is 5.42. The van der Waals surface area contributed by atoms with Gasteiger partial charge >= 0.3 is 0 Å². The highest BCUT2D eigenvalue weighted by Gasteiger charge is 2.13. The van der Waals surface area contributed by atoms with Crippen molar-refractivity contribution in [2.24, 2.45) is 0 Å². The number of nitriles is 1. The third-order valence-corrected chi connectivity index (χ3v) is 3.75. The lowest BCUT2D eigenvalue weighted by Crippen LogP contribution is -2.21. The molecule has 0 saturated carbocycles. The molecule has 130 valence electrons. The Morgan fingerprint density at radius 1 is 1.16 bits per heavy atom. The second-order valence-electron chi connectivity index (χ2n) is 5.42. The number of benzene rings is 2. The minimum absolute atomic E-state index is 0.390. The summed E-state index contributed by atoms with van der Waals surface area (Å²) >= 11 is 0. The molecule has 0 aromatic heterocycles. The van der Waals surface area contributed by atoms with E-state index in [4.69, 9.17) is 14.7 Å². The minimum Gasteiger partial charge on any atom is -0.497 e. The largest absolute Gasteiger partial charge is 0.497 e. The van der Waals surface area contributed by atoms with Gasteiger partial charge in [0.25, 0.3) is 0 Å². The molecule has 2 aromatic rings. The summed E-state index contributed by atoms with van der Waals surface area (Å²) in [5.74, 6) is 1.30. The summed E-state index contributed by atoms with van der Waals surface area (Å²) < 4.78 is 10.5. The van der Waals surface area contributed by atoms with E-state index >= 15 is 0 Å². The number of nitrogens with zero attached hydrogens (tertiary/aromatic N) is 1. The van der Waals surface area contributed by atoms with Crippen LogP contribution in [0.25, 0.3) is 6.08 Å². The highest BCUT2D eigenvalue weighted by atomic mass is 16.5. The van der Waals surface area contributed by atoms with E-state index in [1.807, 2.05) is 24.3 Å². The fourth-order valence-electron chi connectivity index (χ4n) is 2.38. The van der Waals surface area contributed by atoms with Crippen LogP contribution in [0.15, 0.2) is 48.5 Å². The third kappa shape index (κ3) is 5.35. The molecule has 1 unspecified atom stereocenters. The van der Waals surface area contributed by atoms with E-state index in [0.29, 0.717) is 35.7 Å². The second kappa shape index (κ2) is 9.48. The van der Waals surface area contributed by atoms with Gasteiger partial charge in [0, 0.05) is 18.7 Å². The molecule has 0 aliphatic heterocycles. The maximum atomic E-state index is 10.4. The molecule has 1 atom stereocenters. The van der Waals surface area contributed by atoms with E-state index in [9.17, 15) is 5.11 Å². The summed E-state index contributed by atoms with van der Waals surface area (Å²) in [4.78, 5) is 0. The Morgan fingerprint density at radius 2 is 1.92 bits per heavy atom. The summed E-state index contributed by atoms with van der Waals surface area (Å²) in [6, 6.07) is 14.8. The zero-order chi connectivity index (χ0) is 18.1. The van der Waals surface area contributed by atoms with E-state index in [0.717, 1.165) is 5.56 Å². The van der Waals surface area contributed by atoms with E-state index < -0.39 is 6.10 Å². The first kappa shape index (κ1) is 18.5. The van der Waals surface area contributed by atoms with E-state index in [-0.39, 0.29) is 0 Å². The molecule has 0 heterocycles. The van der Waals surface area contributed by atoms with Gasteiger partial charge in [0.15, 0.2) is 0 Å². The van der Waals surface area contributed by atoms with Crippen LogP contribution in [0, 0.1) is 11.3 Å². The third-order valence-electron chi connectivity index (χ3n) is 3.75. The number of methoxy groups -OCH3 is 2. The van der Waals surface area contributed by atoms with Crippen LogP contribution in [0.3, 0.4) is 0 Å². The van der Waals surface area contributed by atoms with Gasteiger partial charge in [-0.05, 0) is 35.9 Å². The number of aliphatic hydroxyl groups excluding tert-OH is 1. The zero-order valence-corrected chi connectivity index (χ0v) is 14.4. The molecule has 2 rings (SSSR count). The van der Waals surface area contributed by atoms with Crippen molar-refractivity contribution in [2.75, 3.05) is 27.3 Å². The van der Waals surface area contributed by atoms with E-state index in [2.05, 4.69) is 11.4 Å². The fourth-order valence-corrected chi connectivity index (χ4v) is 2.38. The fraction of sp³-hybridized carbons (Fsp3) is 0.250. The van der Waals surface area contributed by atoms with Gasteiger partial charge in [0.1, 0.15) is 11.5 Å². The van der Waals surface area contributed by atoms with E-state index in [1.165, 1.54) is 0 Å². The maximum Gasteiger partial charge on any atom is 0.124 e. The van der Waals surface area contributed by atoms with Crippen molar-refractivity contribution in [3.8, 4) is 17.6 Å². The number of ether oxygens (including phenoxy) is 2. The highest BCUT2D eigenvalue weighted by molar-refractivity contribution is 5.51. The van der Waals surface area contributed by atoms with Crippen LogP contribution in [0.2, 0.25) is 0 Å². The quantitative estimate of drug-likeness (QED) is 0.724. The lowest BCUT2D eigenvalue weighted by atomic mass is 10.1. The van der Waals surface area contributed by atoms with Gasteiger partial charge in [0.2, 0.25) is 0 Å². The van der Waals surface area contributed by atoms with Crippen molar-refractivity contribution in [3.63, 3.8) is 0 Å². The average molecular weight is 338 g/mol. The number of rotatable bonds is 8. The Balaban J connectivity index is 1.86. The Labute approximate surface area is 148 Å². The standard InChI is InChI=1S/C20H22N2O3/c1-24-17-9-10-20(25-2)18(12-17)19(23)14-22-11-3-4-15-5-7-16(13-21)8-6-15/h3-10,12,19,22-23H,11,14H2,1-2H3/b4-3+. The van der Waals surface area contributed by atoms with Crippen LogP contribution < -0.4 is 14.8 Å². The SMILES string of the molecule is COc1ccc(OC)c(C(O)CNC/C=C/c2ccc(C#N)cc2)c1. The Bertz CT molecular complexity index is 749. The number of hydrogen-bond acceptors (Lipinski definition) is 5. The zero-order valence-electron chi connectivity index (χ0n) is 14.4. The summed E-state index contributed by atoms with van der Waals surface area (Å²) in [7, 11) is 3.16. The topological polar surface area (TPSA) is 74.5 Å². The van der Waals surface area contributed by atoms with Gasteiger partial charge in [-0.2, -0.15) is 5.26 Å². The van der Waals surface area contributed by atoms with Gasteiger partial charge in [0.05, 0.1) is 32.0 Å². The Morgan fingerprint density at radius 3 is 2.56 bits per heavy atom. The molecule has 0 amide bonds. The maximum absolute atomic E-state index is 10.4. The van der Waals surface area contributed by atoms with Crippen molar-refractivity contribution in [2.45, 2.75) is 6.10 Å². The molecule has 5 heteroatoms. The van der Waals surface area contributed by atoms with Gasteiger partial charge in [-0.3, -0.25) is 0 Å². The van der Waals surface area contributed by atoms with Crippen molar-refractivity contribution in [1.82, 2.24) is 5.32 Å². The Kier molecular flexibility index (Phi) is 7.02. The molecule has 0 spiro atoms. The Hall–Kier alpha value is -2.81. The van der Waals surface area contributed by atoms with Crippen molar-refractivity contribution in [3.05, 3.63) is 65.2 Å².